The van der Waals surface area contributed by atoms with Crippen molar-refractivity contribution in [3.63, 3.8) is 0 Å². The molecule has 2 heterocycles. The van der Waals surface area contributed by atoms with E-state index in [1.54, 1.807) is 28.6 Å². The van der Waals surface area contributed by atoms with Gasteiger partial charge in [-0.25, -0.2) is 4.98 Å². The third-order valence-electron chi connectivity index (χ3n) is 2.75. The summed E-state index contributed by atoms with van der Waals surface area (Å²) >= 11 is 1.62. The molecule has 0 aliphatic heterocycles. The number of amides is 1. The van der Waals surface area contributed by atoms with Gasteiger partial charge >= 0.3 is 0 Å². The van der Waals surface area contributed by atoms with E-state index in [-0.39, 0.29) is 11.8 Å². The summed E-state index contributed by atoms with van der Waals surface area (Å²) in [6.07, 6.45) is 3.81. The lowest BCUT2D eigenvalue weighted by molar-refractivity contribution is -0.129. The van der Waals surface area contributed by atoms with Crippen molar-refractivity contribution in [2.24, 2.45) is 0 Å². The number of likely N-dealkylation sites (N-methyl/N-ethyl adjacent to an activating group) is 1. The average Bonchev–Trinajstić information content (AvgIpc) is 3.01. The summed E-state index contributed by atoms with van der Waals surface area (Å²) < 4.78 is 0. The number of thiazole rings is 1. The van der Waals surface area contributed by atoms with Gasteiger partial charge in [-0.2, -0.15) is 5.10 Å². The van der Waals surface area contributed by atoms with E-state index in [9.17, 15) is 4.79 Å². The van der Waals surface area contributed by atoms with Crippen molar-refractivity contribution in [3.8, 4) is 0 Å². The van der Waals surface area contributed by atoms with Gasteiger partial charge in [-0.15, -0.1) is 11.3 Å². The fourth-order valence-corrected chi connectivity index (χ4v) is 2.44. The van der Waals surface area contributed by atoms with Gasteiger partial charge in [0.15, 0.2) is 0 Å². The van der Waals surface area contributed by atoms with Gasteiger partial charge < -0.3 is 4.90 Å². The van der Waals surface area contributed by atoms with E-state index in [1.807, 2.05) is 18.5 Å². The Morgan fingerprint density at radius 1 is 1.56 bits per heavy atom. The molecule has 2 aromatic rings. The van der Waals surface area contributed by atoms with Crippen LogP contribution in [0.15, 0.2) is 23.8 Å². The molecule has 0 aliphatic carbocycles. The molecule has 6 heteroatoms. The molecule has 1 unspecified atom stereocenters. The molecule has 2 rings (SSSR count). The number of rotatable bonds is 5. The van der Waals surface area contributed by atoms with Crippen LogP contribution in [0.2, 0.25) is 0 Å². The first-order chi connectivity index (χ1) is 8.66. The van der Waals surface area contributed by atoms with Crippen LogP contribution in [0, 0.1) is 0 Å². The number of hydrogen-bond acceptors (Lipinski definition) is 4. The molecular formula is C12H16N4OS. The molecule has 2 aromatic heterocycles. The van der Waals surface area contributed by atoms with E-state index >= 15 is 0 Å². The molecule has 1 N–H and O–H groups in total. The summed E-state index contributed by atoms with van der Waals surface area (Å²) in [6.45, 7) is 2.76. The van der Waals surface area contributed by atoms with Crippen molar-refractivity contribution in [1.82, 2.24) is 20.1 Å². The summed E-state index contributed by atoms with van der Waals surface area (Å²) in [6, 6.07) is 1.82. The predicted octanol–water partition coefficient (Wildman–Crippen LogP) is 1.67. The molecule has 0 radical (unpaired) electrons. The number of aromatic nitrogens is 3. The molecule has 0 bridgehead atoms. The summed E-state index contributed by atoms with van der Waals surface area (Å²) in [5, 5.41) is 9.65. The third-order valence-corrected chi connectivity index (χ3v) is 3.75. The molecule has 96 valence electrons. The minimum Gasteiger partial charge on any atom is -0.345 e. The topological polar surface area (TPSA) is 61.9 Å². The van der Waals surface area contributed by atoms with E-state index < -0.39 is 0 Å². The Balaban J connectivity index is 1.87. The van der Waals surface area contributed by atoms with Crippen molar-refractivity contribution < 1.29 is 4.79 Å². The van der Waals surface area contributed by atoms with Gasteiger partial charge in [0, 0.05) is 43.0 Å². The number of nitrogens with zero attached hydrogens (tertiary/aromatic N) is 3. The Morgan fingerprint density at radius 3 is 3.00 bits per heavy atom. The van der Waals surface area contributed by atoms with Crippen LogP contribution in [-0.2, 0) is 11.2 Å². The monoisotopic (exact) mass is 264 g/mol. The van der Waals surface area contributed by atoms with Crippen LogP contribution < -0.4 is 0 Å². The smallest absolute Gasteiger partial charge is 0.228 e. The van der Waals surface area contributed by atoms with Gasteiger partial charge in [-0.05, 0) is 6.07 Å². The van der Waals surface area contributed by atoms with E-state index in [0.29, 0.717) is 13.0 Å². The molecular weight excluding hydrogens is 248 g/mol. The fraction of sp³-hybridized carbons (Fsp3) is 0.417. The third kappa shape index (κ3) is 3.16. The summed E-state index contributed by atoms with van der Waals surface area (Å²) in [7, 11) is 1.82. The molecule has 18 heavy (non-hydrogen) atoms. The lowest BCUT2D eigenvalue weighted by Gasteiger charge is -2.20. The molecule has 1 atom stereocenters. The van der Waals surface area contributed by atoms with Crippen molar-refractivity contribution in [3.05, 3.63) is 34.5 Å². The molecule has 1 amide bonds. The number of carbonyl (C=O) groups is 1. The van der Waals surface area contributed by atoms with Gasteiger partial charge in [0.25, 0.3) is 0 Å². The van der Waals surface area contributed by atoms with Crippen LogP contribution in [0.4, 0.5) is 0 Å². The van der Waals surface area contributed by atoms with Crippen LogP contribution in [0.25, 0.3) is 0 Å². The first-order valence-corrected chi connectivity index (χ1v) is 6.66. The Morgan fingerprint density at radius 2 is 2.39 bits per heavy atom. The van der Waals surface area contributed by atoms with E-state index in [2.05, 4.69) is 22.1 Å². The summed E-state index contributed by atoms with van der Waals surface area (Å²) in [5.41, 5.74) is 0.841. The van der Waals surface area contributed by atoms with E-state index in [1.165, 1.54) is 0 Å². The van der Waals surface area contributed by atoms with Gasteiger partial charge in [-0.1, -0.05) is 6.92 Å². The number of carbonyl (C=O) groups excluding carboxylic acids is 1. The fourth-order valence-electron chi connectivity index (χ4n) is 1.75. The summed E-state index contributed by atoms with van der Waals surface area (Å²) in [5.74, 6) is 0.350. The standard InChI is InChI=1S/C12H16N4OS/c1-9(12-13-5-6-18-12)8-16(2)11(17)7-10-3-4-14-15-10/h3-6,9H,7-8H2,1-2H3,(H,14,15). The largest absolute Gasteiger partial charge is 0.345 e. The highest BCUT2D eigenvalue weighted by atomic mass is 32.1. The second-order valence-corrected chi connectivity index (χ2v) is 5.23. The predicted molar refractivity (Wildman–Crippen MR) is 70.5 cm³/mol. The van der Waals surface area contributed by atoms with Crippen LogP contribution in [-0.4, -0.2) is 39.6 Å². The minimum absolute atomic E-state index is 0.0858. The zero-order valence-corrected chi connectivity index (χ0v) is 11.3. The van der Waals surface area contributed by atoms with Crippen molar-refractivity contribution in [1.29, 1.82) is 0 Å². The van der Waals surface area contributed by atoms with Gasteiger partial charge in [0.05, 0.1) is 11.4 Å². The van der Waals surface area contributed by atoms with Crippen LogP contribution in [0.3, 0.4) is 0 Å². The van der Waals surface area contributed by atoms with Crippen molar-refractivity contribution in [2.75, 3.05) is 13.6 Å². The molecule has 0 aliphatic rings. The first-order valence-electron chi connectivity index (χ1n) is 5.78. The Labute approximate surface area is 110 Å². The van der Waals surface area contributed by atoms with Gasteiger partial charge in [0.2, 0.25) is 5.91 Å². The first kappa shape index (κ1) is 12.8. The maximum Gasteiger partial charge on any atom is 0.228 e. The van der Waals surface area contributed by atoms with Gasteiger partial charge in [0.1, 0.15) is 0 Å². The Kier molecular flexibility index (Phi) is 4.09. The Hall–Kier alpha value is -1.69. The summed E-state index contributed by atoms with van der Waals surface area (Å²) in [4.78, 5) is 18.0. The second-order valence-electron chi connectivity index (χ2n) is 4.30. The van der Waals surface area contributed by atoms with Crippen LogP contribution in [0.1, 0.15) is 23.5 Å². The van der Waals surface area contributed by atoms with E-state index in [4.69, 9.17) is 0 Å². The molecule has 0 spiro atoms. The normalized spacial score (nSPS) is 12.3. The molecule has 0 aromatic carbocycles. The number of aromatic amines is 1. The molecule has 0 fully saturated rings. The van der Waals surface area contributed by atoms with Crippen molar-refractivity contribution in [2.45, 2.75) is 19.3 Å². The highest BCUT2D eigenvalue weighted by Crippen LogP contribution is 2.18. The maximum atomic E-state index is 12.0. The number of nitrogens with one attached hydrogen (secondary N) is 1. The molecule has 0 saturated heterocycles. The minimum atomic E-state index is 0.0858. The Bertz CT molecular complexity index is 480. The second kappa shape index (κ2) is 5.77. The quantitative estimate of drug-likeness (QED) is 0.893. The zero-order chi connectivity index (χ0) is 13.0. The highest BCUT2D eigenvalue weighted by Gasteiger charge is 2.16. The number of H-pyrrole nitrogens is 1. The zero-order valence-electron chi connectivity index (χ0n) is 10.5. The van der Waals surface area contributed by atoms with E-state index in [0.717, 1.165) is 10.7 Å². The average molecular weight is 264 g/mol. The highest BCUT2D eigenvalue weighted by molar-refractivity contribution is 7.09. The number of hydrogen-bond donors (Lipinski definition) is 1. The van der Waals surface area contributed by atoms with Crippen LogP contribution in [0.5, 0.6) is 0 Å². The maximum absolute atomic E-state index is 12.0. The molecule has 5 nitrogen and oxygen atoms in total. The lowest BCUT2D eigenvalue weighted by atomic mass is 10.1. The SMILES string of the molecule is CC(CN(C)C(=O)Cc1ccn[nH]1)c1nccs1. The lowest BCUT2D eigenvalue weighted by Crippen LogP contribution is -2.31. The van der Waals surface area contributed by atoms with Crippen molar-refractivity contribution >= 4 is 17.2 Å². The molecule has 0 saturated carbocycles. The van der Waals surface area contributed by atoms with Crippen LogP contribution >= 0.6 is 11.3 Å². The van der Waals surface area contributed by atoms with Gasteiger partial charge in [-0.3, -0.25) is 9.89 Å².